The van der Waals surface area contributed by atoms with Crippen LogP contribution in [0.5, 0.6) is 0 Å². The maximum atomic E-state index is 6.60. The quantitative estimate of drug-likeness (QED) is 0.0984. The number of nitrogens with one attached hydrogen (secondary N) is 3. The van der Waals surface area contributed by atoms with Crippen molar-refractivity contribution in [3.05, 3.63) is 0 Å². The van der Waals surface area contributed by atoms with E-state index in [-0.39, 0.29) is 11.9 Å². The Hall–Kier alpha value is -1.50. The van der Waals surface area contributed by atoms with E-state index >= 15 is 0 Å². The van der Waals surface area contributed by atoms with Crippen LogP contribution in [0.3, 0.4) is 0 Å². The molecular weight excluding hydrogens is 122 g/mol. The highest BCUT2D eigenvalue weighted by atomic mass is 15.4. The van der Waals surface area contributed by atoms with Crippen LogP contribution in [0, 0.1) is 5.41 Å². The Balaban J connectivity index is 3.56. The molecule has 0 radical (unpaired) electrons. The van der Waals surface area contributed by atoms with Crippen molar-refractivity contribution in [2.75, 3.05) is 0 Å². The van der Waals surface area contributed by atoms with Gasteiger partial charge in [-0.05, 0) is 0 Å². The summed E-state index contributed by atoms with van der Waals surface area (Å²) in [6.45, 7) is 0. The fourth-order valence-corrected chi connectivity index (χ4v) is 0.153. The van der Waals surface area contributed by atoms with Crippen LogP contribution < -0.4 is 28.2 Å². The van der Waals surface area contributed by atoms with E-state index in [4.69, 9.17) is 22.7 Å². The average molecular weight is 131 g/mol. The van der Waals surface area contributed by atoms with Crippen LogP contribution >= 0.6 is 0 Å². The molecule has 7 nitrogen and oxygen atoms in total. The SMILES string of the molecule is N=C(N)NN=C(N)NN. The van der Waals surface area contributed by atoms with Gasteiger partial charge in [-0.15, -0.1) is 5.10 Å². The summed E-state index contributed by atoms with van der Waals surface area (Å²) in [6, 6.07) is 0. The third-order valence-electron chi connectivity index (χ3n) is 0.445. The number of nitrogens with zero attached hydrogens (tertiary/aromatic N) is 1. The van der Waals surface area contributed by atoms with E-state index in [1.807, 2.05) is 5.43 Å². The van der Waals surface area contributed by atoms with Gasteiger partial charge in [0.1, 0.15) is 0 Å². The summed E-state index contributed by atoms with van der Waals surface area (Å²) in [5.74, 6) is 4.47. The number of hydrogen-bond donors (Lipinski definition) is 6. The normalized spacial score (nSPS) is 10.6. The maximum absolute atomic E-state index is 6.60. The van der Waals surface area contributed by atoms with Crippen molar-refractivity contribution in [2.45, 2.75) is 0 Å². The molecule has 0 amide bonds. The van der Waals surface area contributed by atoms with E-state index in [0.717, 1.165) is 0 Å². The van der Waals surface area contributed by atoms with Crippen LogP contribution in [0.1, 0.15) is 0 Å². The first-order chi connectivity index (χ1) is 4.16. The van der Waals surface area contributed by atoms with Crippen molar-refractivity contribution in [3.63, 3.8) is 0 Å². The van der Waals surface area contributed by atoms with Crippen molar-refractivity contribution in [1.82, 2.24) is 10.9 Å². The Kier molecular flexibility index (Phi) is 2.91. The van der Waals surface area contributed by atoms with Crippen molar-refractivity contribution in [3.8, 4) is 0 Å². The lowest BCUT2D eigenvalue weighted by Crippen LogP contribution is -2.40. The van der Waals surface area contributed by atoms with Crippen molar-refractivity contribution in [2.24, 2.45) is 22.4 Å². The second-order valence-electron chi connectivity index (χ2n) is 1.17. The fraction of sp³-hybridized carbons (Fsp3) is 0. The largest absolute Gasteiger partial charge is 0.369 e. The third kappa shape index (κ3) is 4.35. The summed E-state index contributed by atoms with van der Waals surface area (Å²) >= 11 is 0. The van der Waals surface area contributed by atoms with Gasteiger partial charge in [-0.1, -0.05) is 0 Å². The zero-order valence-corrected chi connectivity index (χ0v) is 4.68. The van der Waals surface area contributed by atoms with E-state index < -0.39 is 0 Å². The molecule has 0 aliphatic heterocycles. The first-order valence-electron chi connectivity index (χ1n) is 2.06. The minimum Gasteiger partial charge on any atom is -0.369 e. The van der Waals surface area contributed by atoms with Gasteiger partial charge in [0.15, 0.2) is 0 Å². The van der Waals surface area contributed by atoms with E-state index in [1.54, 1.807) is 0 Å². The molecule has 52 valence electrons. The van der Waals surface area contributed by atoms with Crippen LogP contribution in [0.15, 0.2) is 5.10 Å². The smallest absolute Gasteiger partial charge is 0.225 e. The molecule has 0 fully saturated rings. The molecule has 0 unspecified atom stereocenters. The molecule has 0 rings (SSSR count). The van der Waals surface area contributed by atoms with Crippen LogP contribution in [0.2, 0.25) is 0 Å². The molecule has 0 spiro atoms. The number of hydrazine groups is 1. The van der Waals surface area contributed by atoms with Crippen molar-refractivity contribution in [1.29, 1.82) is 5.41 Å². The van der Waals surface area contributed by atoms with Gasteiger partial charge in [0.2, 0.25) is 11.9 Å². The van der Waals surface area contributed by atoms with Crippen LogP contribution in [-0.2, 0) is 0 Å². The second-order valence-corrected chi connectivity index (χ2v) is 1.17. The molecule has 0 atom stereocenters. The van der Waals surface area contributed by atoms with Crippen LogP contribution in [0.25, 0.3) is 0 Å². The molecule has 0 saturated heterocycles. The van der Waals surface area contributed by atoms with Gasteiger partial charge in [0, 0.05) is 0 Å². The zero-order valence-electron chi connectivity index (χ0n) is 4.68. The predicted octanol–water partition coefficient (Wildman–Crippen LogP) is -2.84. The molecule has 7 heteroatoms. The lowest BCUT2D eigenvalue weighted by molar-refractivity contribution is 0.925. The minimum atomic E-state index is -0.298. The first kappa shape index (κ1) is 7.50. The Labute approximate surface area is 51.7 Å². The summed E-state index contributed by atoms with van der Waals surface area (Å²) in [5.41, 5.74) is 14.0. The molecule has 0 heterocycles. The highest BCUT2D eigenvalue weighted by Crippen LogP contribution is 1.53. The molecule has 0 saturated carbocycles. The first-order valence-corrected chi connectivity index (χ1v) is 2.06. The van der Waals surface area contributed by atoms with Crippen molar-refractivity contribution >= 4 is 11.9 Å². The Bertz CT molecular complexity index is 125. The number of hydrogen-bond acceptors (Lipinski definition) is 3. The zero-order chi connectivity index (χ0) is 7.28. The summed E-state index contributed by atoms with van der Waals surface area (Å²) in [6.07, 6.45) is 0. The maximum Gasteiger partial charge on any atom is 0.225 e. The summed E-state index contributed by atoms with van der Waals surface area (Å²) in [5, 5.41) is 9.90. The van der Waals surface area contributed by atoms with Gasteiger partial charge < -0.3 is 11.5 Å². The van der Waals surface area contributed by atoms with Gasteiger partial charge in [-0.3, -0.25) is 10.8 Å². The standard InChI is InChI=1S/C2H9N7/c3-1(4)8-9-2(5)7-6/h6H2,(H4,3,4,8)(H3,5,7,9). The highest BCUT2D eigenvalue weighted by Gasteiger charge is 1.83. The molecular formula is C2H9N7. The van der Waals surface area contributed by atoms with E-state index in [2.05, 4.69) is 10.5 Å². The molecule has 0 bridgehead atoms. The van der Waals surface area contributed by atoms with Gasteiger partial charge in [0.05, 0.1) is 0 Å². The number of nitrogens with two attached hydrogens (primary N) is 3. The Morgan fingerprint density at radius 2 is 2.00 bits per heavy atom. The van der Waals surface area contributed by atoms with Gasteiger partial charge in [0.25, 0.3) is 0 Å². The van der Waals surface area contributed by atoms with Crippen molar-refractivity contribution < 1.29 is 0 Å². The Morgan fingerprint density at radius 1 is 1.44 bits per heavy atom. The minimum absolute atomic E-state index is 0.0369. The summed E-state index contributed by atoms with van der Waals surface area (Å²) in [7, 11) is 0. The van der Waals surface area contributed by atoms with E-state index in [1.165, 1.54) is 0 Å². The second kappa shape index (κ2) is 3.50. The lowest BCUT2D eigenvalue weighted by atomic mass is 11.0. The van der Waals surface area contributed by atoms with Gasteiger partial charge >= 0.3 is 0 Å². The predicted molar refractivity (Wildman–Crippen MR) is 34.0 cm³/mol. The molecule has 0 aliphatic carbocycles. The third-order valence-corrected chi connectivity index (χ3v) is 0.445. The molecule has 0 aliphatic rings. The number of guanidine groups is 2. The molecule has 0 aromatic carbocycles. The van der Waals surface area contributed by atoms with Crippen LogP contribution in [0.4, 0.5) is 0 Å². The highest BCUT2D eigenvalue weighted by molar-refractivity contribution is 5.80. The summed E-state index contributed by atoms with van der Waals surface area (Å²) in [4.78, 5) is 0. The molecule has 0 aromatic heterocycles. The summed E-state index contributed by atoms with van der Waals surface area (Å²) < 4.78 is 0. The monoisotopic (exact) mass is 131 g/mol. The van der Waals surface area contributed by atoms with Crippen LogP contribution in [-0.4, -0.2) is 11.9 Å². The number of rotatable bonds is 1. The molecule has 9 heavy (non-hydrogen) atoms. The topological polar surface area (TPSA) is 138 Å². The van der Waals surface area contributed by atoms with Gasteiger partial charge in [-0.2, -0.15) is 0 Å². The lowest BCUT2D eigenvalue weighted by Gasteiger charge is -1.97. The van der Waals surface area contributed by atoms with Gasteiger partial charge in [-0.25, -0.2) is 11.3 Å². The Morgan fingerprint density at radius 3 is 2.33 bits per heavy atom. The number of hydrazone groups is 1. The van der Waals surface area contributed by atoms with E-state index in [9.17, 15) is 0 Å². The van der Waals surface area contributed by atoms with E-state index in [0.29, 0.717) is 0 Å². The molecule has 9 N–H and O–H groups in total. The molecule has 0 aromatic rings. The average Bonchev–Trinajstić information content (AvgIpc) is 1.83. The fourth-order valence-electron chi connectivity index (χ4n) is 0.153.